The second kappa shape index (κ2) is 10.6. The van der Waals surface area contributed by atoms with Crippen molar-refractivity contribution < 1.29 is 13.9 Å². The number of ether oxygens (including phenoxy) is 2. The second-order valence-electron chi connectivity index (χ2n) is 6.45. The van der Waals surface area contributed by atoms with Crippen LogP contribution >= 0.6 is 27.5 Å². The lowest BCUT2D eigenvalue weighted by Gasteiger charge is -2.16. The summed E-state index contributed by atoms with van der Waals surface area (Å²) in [7, 11) is 0. The summed E-state index contributed by atoms with van der Waals surface area (Å²) in [5.41, 5.74) is 3.01. The highest BCUT2D eigenvalue weighted by molar-refractivity contribution is 9.10. The van der Waals surface area contributed by atoms with Gasteiger partial charge in [0.05, 0.1) is 16.1 Å². The van der Waals surface area contributed by atoms with Crippen LogP contribution in [0.5, 0.6) is 11.5 Å². The van der Waals surface area contributed by atoms with Crippen molar-refractivity contribution in [3.63, 3.8) is 0 Å². The Morgan fingerprint density at radius 3 is 2.45 bits per heavy atom. The SMILES string of the molecule is CCOc1cc(CNCc2ccccc2)cc(Br)c1OCc1ccc(F)cc1Cl. The molecule has 29 heavy (non-hydrogen) atoms. The number of benzene rings is 3. The molecule has 0 aromatic heterocycles. The van der Waals surface area contributed by atoms with Crippen molar-refractivity contribution >= 4 is 27.5 Å². The van der Waals surface area contributed by atoms with Gasteiger partial charge in [-0.2, -0.15) is 0 Å². The molecule has 0 spiro atoms. The Morgan fingerprint density at radius 1 is 0.966 bits per heavy atom. The summed E-state index contributed by atoms with van der Waals surface area (Å²) < 4.78 is 25.8. The van der Waals surface area contributed by atoms with E-state index in [1.807, 2.05) is 37.3 Å². The molecule has 0 aliphatic carbocycles. The first-order chi connectivity index (χ1) is 14.1. The van der Waals surface area contributed by atoms with Crippen LogP contribution in [0.2, 0.25) is 5.02 Å². The summed E-state index contributed by atoms with van der Waals surface area (Å²) >= 11 is 9.68. The van der Waals surface area contributed by atoms with Crippen LogP contribution in [0, 0.1) is 5.82 Å². The van der Waals surface area contributed by atoms with Gasteiger partial charge in [-0.1, -0.05) is 48.0 Å². The first-order valence-electron chi connectivity index (χ1n) is 9.33. The minimum atomic E-state index is -0.373. The highest BCUT2D eigenvalue weighted by Crippen LogP contribution is 2.38. The summed E-state index contributed by atoms with van der Waals surface area (Å²) in [6, 6.07) is 18.5. The van der Waals surface area contributed by atoms with Crippen molar-refractivity contribution in [2.45, 2.75) is 26.6 Å². The predicted octanol–water partition coefficient (Wildman–Crippen LogP) is 6.51. The molecule has 0 saturated heterocycles. The summed E-state index contributed by atoms with van der Waals surface area (Å²) in [4.78, 5) is 0. The van der Waals surface area contributed by atoms with Crippen LogP contribution in [0.1, 0.15) is 23.6 Å². The Hall–Kier alpha value is -2.08. The molecule has 3 aromatic carbocycles. The standard InChI is InChI=1S/C23H22BrClFNO2/c1-2-28-22-11-17(14-27-13-16-6-4-3-5-7-16)10-20(24)23(22)29-15-18-8-9-19(26)12-21(18)25/h3-12,27H,2,13-15H2,1H3. The summed E-state index contributed by atoms with van der Waals surface area (Å²) in [5, 5.41) is 3.77. The maximum absolute atomic E-state index is 13.2. The molecular formula is C23H22BrClFNO2. The molecule has 6 heteroatoms. The molecule has 0 aliphatic heterocycles. The van der Waals surface area contributed by atoms with E-state index in [1.54, 1.807) is 6.07 Å². The van der Waals surface area contributed by atoms with Gasteiger partial charge in [-0.3, -0.25) is 0 Å². The molecular weight excluding hydrogens is 457 g/mol. The van der Waals surface area contributed by atoms with Crippen LogP contribution in [-0.4, -0.2) is 6.61 Å². The topological polar surface area (TPSA) is 30.5 Å². The fourth-order valence-corrected chi connectivity index (χ4v) is 3.69. The van der Waals surface area contributed by atoms with Gasteiger partial charge in [-0.05, 0) is 58.2 Å². The number of hydrogen-bond acceptors (Lipinski definition) is 3. The summed E-state index contributed by atoms with van der Waals surface area (Å²) in [5.74, 6) is 0.873. The maximum Gasteiger partial charge on any atom is 0.175 e. The Labute approximate surface area is 183 Å². The normalized spacial score (nSPS) is 10.8. The third-order valence-electron chi connectivity index (χ3n) is 4.26. The third-order valence-corrected chi connectivity index (χ3v) is 5.20. The Bertz CT molecular complexity index is 953. The lowest BCUT2D eigenvalue weighted by atomic mass is 10.1. The number of rotatable bonds is 9. The first kappa shape index (κ1) is 21.6. The van der Waals surface area contributed by atoms with Crippen LogP contribution in [0.3, 0.4) is 0 Å². The maximum atomic E-state index is 13.2. The van der Waals surface area contributed by atoms with Gasteiger partial charge in [0.2, 0.25) is 0 Å². The van der Waals surface area contributed by atoms with Crippen molar-refractivity contribution in [3.8, 4) is 11.5 Å². The number of nitrogens with one attached hydrogen (secondary N) is 1. The molecule has 0 atom stereocenters. The monoisotopic (exact) mass is 477 g/mol. The van der Waals surface area contributed by atoms with E-state index in [0.717, 1.165) is 16.6 Å². The summed E-state index contributed by atoms with van der Waals surface area (Å²) in [6.07, 6.45) is 0. The molecule has 0 unspecified atom stereocenters. The molecule has 0 aliphatic rings. The zero-order valence-corrected chi connectivity index (χ0v) is 18.4. The van der Waals surface area contributed by atoms with Gasteiger partial charge in [0.1, 0.15) is 12.4 Å². The van der Waals surface area contributed by atoms with Gasteiger partial charge in [0.15, 0.2) is 11.5 Å². The van der Waals surface area contributed by atoms with Crippen molar-refractivity contribution in [2.24, 2.45) is 0 Å². The molecule has 152 valence electrons. The van der Waals surface area contributed by atoms with Crippen LogP contribution in [0.15, 0.2) is 65.1 Å². The van der Waals surface area contributed by atoms with E-state index in [1.165, 1.54) is 17.7 Å². The van der Waals surface area contributed by atoms with E-state index in [0.29, 0.717) is 35.2 Å². The Balaban J connectivity index is 1.70. The highest BCUT2D eigenvalue weighted by Gasteiger charge is 2.14. The smallest absolute Gasteiger partial charge is 0.175 e. The lowest BCUT2D eigenvalue weighted by Crippen LogP contribution is -2.13. The quantitative estimate of drug-likeness (QED) is 0.380. The molecule has 0 fully saturated rings. The Kier molecular flexibility index (Phi) is 7.92. The minimum absolute atomic E-state index is 0.212. The molecule has 3 nitrogen and oxygen atoms in total. The van der Waals surface area contributed by atoms with Gasteiger partial charge in [0.25, 0.3) is 0 Å². The zero-order chi connectivity index (χ0) is 20.6. The van der Waals surface area contributed by atoms with Gasteiger partial charge < -0.3 is 14.8 Å². The van der Waals surface area contributed by atoms with E-state index in [-0.39, 0.29) is 12.4 Å². The number of hydrogen-bond donors (Lipinski definition) is 1. The van der Waals surface area contributed by atoms with Crippen LogP contribution in [0.4, 0.5) is 4.39 Å². The van der Waals surface area contributed by atoms with Crippen LogP contribution in [-0.2, 0) is 19.7 Å². The molecule has 0 saturated carbocycles. The van der Waals surface area contributed by atoms with Crippen LogP contribution < -0.4 is 14.8 Å². The largest absolute Gasteiger partial charge is 0.490 e. The molecule has 0 amide bonds. The van der Waals surface area contributed by atoms with Gasteiger partial charge in [0, 0.05) is 18.7 Å². The van der Waals surface area contributed by atoms with Crippen molar-refractivity contribution in [3.05, 3.63) is 92.7 Å². The highest BCUT2D eigenvalue weighted by atomic mass is 79.9. The third kappa shape index (κ3) is 6.20. The average molecular weight is 479 g/mol. The predicted molar refractivity (Wildman–Crippen MR) is 118 cm³/mol. The first-order valence-corrected chi connectivity index (χ1v) is 10.5. The number of halogens is 3. The van der Waals surface area contributed by atoms with Gasteiger partial charge >= 0.3 is 0 Å². The Morgan fingerprint density at radius 2 is 1.72 bits per heavy atom. The molecule has 3 aromatic rings. The van der Waals surface area contributed by atoms with E-state index in [2.05, 4.69) is 33.4 Å². The van der Waals surface area contributed by atoms with Crippen molar-refractivity contribution in [1.82, 2.24) is 5.32 Å². The van der Waals surface area contributed by atoms with Crippen molar-refractivity contribution in [1.29, 1.82) is 0 Å². The molecule has 0 bridgehead atoms. The van der Waals surface area contributed by atoms with E-state index < -0.39 is 0 Å². The second-order valence-corrected chi connectivity index (χ2v) is 7.71. The van der Waals surface area contributed by atoms with E-state index in [9.17, 15) is 4.39 Å². The van der Waals surface area contributed by atoms with Crippen LogP contribution in [0.25, 0.3) is 0 Å². The van der Waals surface area contributed by atoms with E-state index in [4.69, 9.17) is 21.1 Å². The molecule has 3 rings (SSSR count). The van der Waals surface area contributed by atoms with E-state index >= 15 is 0 Å². The molecule has 1 N–H and O–H groups in total. The summed E-state index contributed by atoms with van der Waals surface area (Å²) in [6.45, 7) is 4.13. The average Bonchev–Trinajstić information content (AvgIpc) is 2.70. The minimum Gasteiger partial charge on any atom is -0.490 e. The van der Waals surface area contributed by atoms with Gasteiger partial charge in [-0.15, -0.1) is 0 Å². The molecule has 0 radical (unpaired) electrons. The molecule has 0 heterocycles. The zero-order valence-electron chi connectivity index (χ0n) is 16.1. The fourth-order valence-electron chi connectivity index (χ4n) is 2.86. The van der Waals surface area contributed by atoms with Crippen molar-refractivity contribution in [2.75, 3.05) is 6.61 Å². The van der Waals surface area contributed by atoms with Gasteiger partial charge in [-0.25, -0.2) is 4.39 Å². The fraction of sp³-hybridized carbons (Fsp3) is 0.217. The lowest BCUT2D eigenvalue weighted by molar-refractivity contribution is 0.267.